The van der Waals surface area contributed by atoms with E-state index in [1.807, 2.05) is 42.0 Å². The highest BCUT2D eigenvalue weighted by molar-refractivity contribution is 5.75. The van der Waals surface area contributed by atoms with E-state index in [1.165, 1.54) is 0 Å². The van der Waals surface area contributed by atoms with Crippen molar-refractivity contribution in [2.24, 2.45) is 0 Å². The van der Waals surface area contributed by atoms with Gasteiger partial charge >= 0.3 is 0 Å². The van der Waals surface area contributed by atoms with Crippen molar-refractivity contribution in [1.82, 2.24) is 4.57 Å². The number of aromatic nitrogens is 1. The highest BCUT2D eigenvalue weighted by Crippen LogP contribution is 2.05. The van der Waals surface area contributed by atoms with Crippen LogP contribution in [0.5, 0.6) is 0 Å². The number of aryl methyl sites for hydroxylation is 1. The summed E-state index contributed by atoms with van der Waals surface area (Å²) in [7, 11) is 0. The summed E-state index contributed by atoms with van der Waals surface area (Å²) in [5, 5.41) is 0. The first-order valence-electron chi connectivity index (χ1n) is 5.23. The second kappa shape index (κ2) is 6.56. The number of aldehydes is 2. The SMILES string of the molecule is CCn1cccc1C=O.O=CC1=CC=CC1. The lowest BCUT2D eigenvalue weighted by Gasteiger charge is -1.96. The van der Waals surface area contributed by atoms with Gasteiger partial charge in [-0.25, -0.2) is 0 Å². The van der Waals surface area contributed by atoms with E-state index in [-0.39, 0.29) is 0 Å². The number of rotatable bonds is 3. The van der Waals surface area contributed by atoms with Crippen LogP contribution in [-0.2, 0) is 11.3 Å². The normalized spacial score (nSPS) is 12.7. The van der Waals surface area contributed by atoms with Crippen molar-refractivity contribution in [3.05, 3.63) is 47.8 Å². The van der Waals surface area contributed by atoms with Gasteiger partial charge in [0.2, 0.25) is 0 Å². The first-order valence-corrected chi connectivity index (χ1v) is 5.23. The van der Waals surface area contributed by atoms with Gasteiger partial charge < -0.3 is 4.57 Å². The maximum absolute atomic E-state index is 10.2. The fraction of sp³-hybridized carbons (Fsp3) is 0.231. The molecule has 0 saturated heterocycles. The maximum Gasteiger partial charge on any atom is 0.166 e. The van der Waals surface area contributed by atoms with Crippen LogP contribution in [0.3, 0.4) is 0 Å². The molecular formula is C13H15NO2. The first kappa shape index (κ1) is 12.2. The summed E-state index contributed by atoms with van der Waals surface area (Å²) >= 11 is 0. The molecule has 16 heavy (non-hydrogen) atoms. The monoisotopic (exact) mass is 217 g/mol. The quantitative estimate of drug-likeness (QED) is 0.729. The number of nitrogens with zero attached hydrogens (tertiary/aromatic N) is 1. The number of carbonyl (C=O) groups excluding carboxylic acids is 2. The molecule has 1 aliphatic carbocycles. The van der Waals surface area contributed by atoms with E-state index in [0.717, 1.165) is 36.8 Å². The Morgan fingerprint density at radius 3 is 2.56 bits per heavy atom. The molecule has 0 N–H and O–H groups in total. The predicted octanol–water partition coefficient (Wildman–Crippen LogP) is 2.39. The minimum atomic E-state index is 0.748. The van der Waals surface area contributed by atoms with E-state index >= 15 is 0 Å². The highest BCUT2D eigenvalue weighted by atomic mass is 16.1. The largest absolute Gasteiger partial charge is 0.346 e. The van der Waals surface area contributed by atoms with Crippen LogP contribution >= 0.6 is 0 Å². The van der Waals surface area contributed by atoms with Gasteiger partial charge in [-0.3, -0.25) is 9.59 Å². The van der Waals surface area contributed by atoms with Gasteiger partial charge in [-0.2, -0.15) is 0 Å². The molecule has 0 spiro atoms. The Morgan fingerprint density at radius 1 is 1.38 bits per heavy atom. The molecule has 0 aliphatic heterocycles. The molecule has 3 heteroatoms. The molecule has 0 atom stereocenters. The Kier molecular flexibility index (Phi) is 4.99. The van der Waals surface area contributed by atoms with Crippen LogP contribution in [0.2, 0.25) is 0 Å². The zero-order chi connectivity index (χ0) is 11.8. The molecule has 0 bridgehead atoms. The highest BCUT2D eigenvalue weighted by Gasteiger charge is 1.93. The zero-order valence-electron chi connectivity index (χ0n) is 9.30. The van der Waals surface area contributed by atoms with Crippen molar-refractivity contribution in [2.45, 2.75) is 19.9 Å². The van der Waals surface area contributed by atoms with Crippen LogP contribution in [-0.4, -0.2) is 17.1 Å². The van der Waals surface area contributed by atoms with E-state index < -0.39 is 0 Å². The molecule has 2 rings (SSSR count). The minimum absolute atomic E-state index is 0.748. The van der Waals surface area contributed by atoms with Crippen LogP contribution in [0.1, 0.15) is 23.8 Å². The van der Waals surface area contributed by atoms with Gasteiger partial charge in [0.05, 0.1) is 5.69 Å². The molecular weight excluding hydrogens is 202 g/mol. The fourth-order valence-electron chi connectivity index (χ4n) is 1.37. The lowest BCUT2D eigenvalue weighted by molar-refractivity contribution is -0.104. The van der Waals surface area contributed by atoms with Crippen molar-refractivity contribution in [2.75, 3.05) is 0 Å². The summed E-state index contributed by atoms with van der Waals surface area (Å²) in [6.45, 7) is 2.87. The molecule has 0 aromatic carbocycles. The standard InChI is InChI=1S/C7H9NO.C6H6O/c1-2-8-5-3-4-7(8)6-9;7-5-6-3-1-2-4-6/h3-6H,2H2,1H3;1-3,5H,4H2. The minimum Gasteiger partial charge on any atom is -0.346 e. The van der Waals surface area contributed by atoms with E-state index in [9.17, 15) is 9.59 Å². The Bertz CT molecular complexity index is 413. The number of hydrogen-bond acceptors (Lipinski definition) is 2. The van der Waals surface area contributed by atoms with Crippen molar-refractivity contribution in [3.63, 3.8) is 0 Å². The van der Waals surface area contributed by atoms with Gasteiger partial charge in [0.15, 0.2) is 6.29 Å². The van der Waals surface area contributed by atoms with Gasteiger partial charge in [-0.1, -0.05) is 18.2 Å². The molecule has 0 saturated carbocycles. The number of hydrogen-bond donors (Lipinski definition) is 0. The van der Waals surface area contributed by atoms with Gasteiger partial charge in [0.25, 0.3) is 0 Å². The van der Waals surface area contributed by atoms with Crippen molar-refractivity contribution in [3.8, 4) is 0 Å². The molecule has 1 aliphatic rings. The topological polar surface area (TPSA) is 39.1 Å². The van der Waals surface area contributed by atoms with Crippen LogP contribution in [0.4, 0.5) is 0 Å². The second-order valence-corrected chi connectivity index (χ2v) is 3.33. The van der Waals surface area contributed by atoms with Crippen molar-refractivity contribution >= 4 is 12.6 Å². The van der Waals surface area contributed by atoms with E-state index in [1.54, 1.807) is 6.07 Å². The molecule has 0 amide bonds. The Hall–Kier alpha value is -1.90. The second-order valence-electron chi connectivity index (χ2n) is 3.33. The summed E-state index contributed by atoms with van der Waals surface area (Å²) in [6, 6.07) is 3.67. The summed E-state index contributed by atoms with van der Waals surface area (Å²) in [5.74, 6) is 0. The van der Waals surface area contributed by atoms with Crippen molar-refractivity contribution in [1.29, 1.82) is 0 Å². The fourth-order valence-corrected chi connectivity index (χ4v) is 1.37. The van der Waals surface area contributed by atoms with Gasteiger partial charge in [-0.05, 0) is 31.1 Å². The predicted molar refractivity (Wildman–Crippen MR) is 63.4 cm³/mol. The summed E-state index contributed by atoms with van der Waals surface area (Å²) in [5.41, 5.74) is 1.62. The lowest BCUT2D eigenvalue weighted by Crippen LogP contribution is -1.96. The zero-order valence-corrected chi connectivity index (χ0v) is 9.30. The summed E-state index contributed by atoms with van der Waals surface area (Å²) < 4.78 is 1.90. The molecule has 0 unspecified atom stereocenters. The van der Waals surface area contributed by atoms with Crippen LogP contribution in [0.25, 0.3) is 0 Å². The van der Waals surface area contributed by atoms with E-state index in [0.29, 0.717) is 0 Å². The molecule has 1 heterocycles. The molecule has 1 aromatic rings. The molecule has 3 nitrogen and oxygen atoms in total. The van der Waals surface area contributed by atoms with Crippen LogP contribution in [0.15, 0.2) is 42.1 Å². The molecule has 0 fully saturated rings. The van der Waals surface area contributed by atoms with Gasteiger partial charge in [-0.15, -0.1) is 0 Å². The molecule has 0 radical (unpaired) electrons. The smallest absolute Gasteiger partial charge is 0.166 e. The van der Waals surface area contributed by atoms with E-state index in [2.05, 4.69) is 0 Å². The molecule has 84 valence electrons. The van der Waals surface area contributed by atoms with Crippen molar-refractivity contribution < 1.29 is 9.59 Å². The Morgan fingerprint density at radius 2 is 2.19 bits per heavy atom. The van der Waals surface area contributed by atoms with E-state index in [4.69, 9.17) is 0 Å². The van der Waals surface area contributed by atoms with Crippen LogP contribution < -0.4 is 0 Å². The third-order valence-corrected chi connectivity index (χ3v) is 2.28. The van der Waals surface area contributed by atoms with Gasteiger partial charge in [0.1, 0.15) is 6.29 Å². The Labute approximate surface area is 95.1 Å². The third-order valence-electron chi connectivity index (χ3n) is 2.28. The average Bonchev–Trinajstić information content (AvgIpc) is 3.00. The van der Waals surface area contributed by atoms with Crippen LogP contribution in [0, 0.1) is 0 Å². The summed E-state index contributed by atoms with van der Waals surface area (Å²) in [4.78, 5) is 20.1. The average molecular weight is 217 g/mol. The molecule has 1 aromatic heterocycles. The van der Waals surface area contributed by atoms with Gasteiger partial charge in [0, 0.05) is 12.7 Å². The first-order chi connectivity index (χ1) is 7.81. The number of carbonyl (C=O) groups is 2. The Balaban J connectivity index is 0.000000165. The number of allylic oxidation sites excluding steroid dienone is 4. The lowest BCUT2D eigenvalue weighted by atomic mass is 10.3. The maximum atomic E-state index is 10.2. The third kappa shape index (κ3) is 3.35. The summed E-state index contributed by atoms with van der Waals surface area (Å²) in [6.07, 6.45) is 10.1.